The van der Waals surface area contributed by atoms with Crippen LogP contribution in [0, 0.1) is 0 Å². The smallest absolute Gasteiger partial charge is 0.261 e. The molecule has 0 saturated carbocycles. The minimum atomic E-state index is -3.58. The first-order valence-corrected chi connectivity index (χ1v) is 11.7. The number of halogens is 1. The molecule has 140 valence electrons. The van der Waals surface area contributed by atoms with Gasteiger partial charge < -0.3 is 5.32 Å². The van der Waals surface area contributed by atoms with Gasteiger partial charge in [-0.05, 0) is 30.7 Å². The second kappa shape index (κ2) is 7.71. The number of benzene rings is 2. The number of nitrogens with one attached hydrogen (secondary N) is 1. The topological polar surface area (TPSA) is 62.3 Å². The van der Waals surface area contributed by atoms with E-state index in [1.165, 1.54) is 15.6 Å². The number of hydrogen-bond donors (Lipinski definition) is 1. The molecule has 1 aliphatic heterocycles. The summed E-state index contributed by atoms with van der Waals surface area (Å²) in [5.41, 5.74) is 1.92. The minimum absolute atomic E-state index is 0.103. The van der Waals surface area contributed by atoms with Crippen LogP contribution >= 0.6 is 27.3 Å². The lowest BCUT2D eigenvalue weighted by atomic mass is 10.2. The van der Waals surface area contributed by atoms with Gasteiger partial charge in [-0.1, -0.05) is 46.3 Å². The summed E-state index contributed by atoms with van der Waals surface area (Å²) in [6.45, 7) is 0.945. The van der Waals surface area contributed by atoms with Gasteiger partial charge in [0.05, 0.1) is 0 Å². The summed E-state index contributed by atoms with van der Waals surface area (Å²) in [7, 11) is -3.58. The summed E-state index contributed by atoms with van der Waals surface area (Å²) < 4.78 is 28.4. The van der Waals surface area contributed by atoms with Crippen molar-refractivity contribution in [3.05, 3.63) is 64.5 Å². The van der Waals surface area contributed by atoms with Gasteiger partial charge in [-0.2, -0.15) is 4.31 Å². The molecule has 27 heavy (non-hydrogen) atoms. The third kappa shape index (κ3) is 4.08. The summed E-state index contributed by atoms with van der Waals surface area (Å²) >= 11 is 4.75. The number of anilines is 1. The predicted octanol–water partition coefficient (Wildman–Crippen LogP) is 4.45. The van der Waals surface area contributed by atoms with Gasteiger partial charge in [0.2, 0.25) is 0 Å². The molecule has 0 amide bonds. The Hall–Kier alpha value is -1.74. The molecule has 1 unspecified atom stereocenters. The molecule has 4 rings (SSSR count). The van der Waals surface area contributed by atoms with Crippen molar-refractivity contribution in [1.29, 1.82) is 0 Å². The molecule has 2 heterocycles. The lowest BCUT2D eigenvalue weighted by Gasteiger charge is -2.16. The monoisotopic (exact) mass is 463 g/mol. The first-order chi connectivity index (χ1) is 13.0. The van der Waals surface area contributed by atoms with Crippen molar-refractivity contribution in [2.45, 2.75) is 17.5 Å². The van der Waals surface area contributed by atoms with Crippen LogP contribution in [0.15, 0.2) is 69.5 Å². The minimum Gasteiger partial charge on any atom is -0.381 e. The Morgan fingerprint density at radius 1 is 1.11 bits per heavy atom. The van der Waals surface area contributed by atoms with Crippen LogP contribution in [0.25, 0.3) is 10.6 Å². The van der Waals surface area contributed by atoms with Crippen LogP contribution < -0.4 is 5.32 Å². The van der Waals surface area contributed by atoms with E-state index in [1.54, 1.807) is 5.38 Å². The summed E-state index contributed by atoms with van der Waals surface area (Å²) in [4.78, 5) is 4.39. The Morgan fingerprint density at radius 3 is 2.59 bits per heavy atom. The Labute approximate surface area is 171 Å². The van der Waals surface area contributed by atoms with Gasteiger partial charge in [-0.25, -0.2) is 13.4 Å². The highest BCUT2D eigenvalue weighted by Gasteiger charge is 2.34. The quantitative estimate of drug-likeness (QED) is 0.606. The Balaban J connectivity index is 1.48. The van der Waals surface area contributed by atoms with Crippen LogP contribution in [0.2, 0.25) is 0 Å². The van der Waals surface area contributed by atoms with E-state index < -0.39 is 10.0 Å². The molecular formula is C19H18BrN3O2S2. The molecule has 1 saturated heterocycles. The summed E-state index contributed by atoms with van der Waals surface area (Å²) in [5, 5.41) is 5.87. The Bertz CT molecular complexity index is 1020. The highest BCUT2D eigenvalue weighted by atomic mass is 79.9. The van der Waals surface area contributed by atoms with E-state index in [2.05, 4.69) is 26.2 Å². The van der Waals surface area contributed by atoms with E-state index in [1.807, 2.05) is 54.6 Å². The zero-order valence-electron chi connectivity index (χ0n) is 14.4. The van der Waals surface area contributed by atoms with Crippen molar-refractivity contribution in [3.8, 4) is 10.6 Å². The van der Waals surface area contributed by atoms with E-state index in [4.69, 9.17) is 0 Å². The second-order valence-electron chi connectivity index (χ2n) is 6.36. The van der Waals surface area contributed by atoms with Crippen molar-refractivity contribution in [3.63, 3.8) is 0 Å². The van der Waals surface area contributed by atoms with Crippen LogP contribution in [-0.2, 0) is 10.0 Å². The zero-order valence-corrected chi connectivity index (χ0v) is 17.6. The normalized spacial score (nSPS) is 17.9. The average Bonchev–Trinajstić information content (AvgIpc) is 3.34. The first kappa shape index (κ1) is 18.6. The average molecular weight is 464 g/mol. The van der Waals surface area contributed by atoms with Crippen LogP contribution in [0.5, 0.6) is 0 Å². The van der Waals surface area contributed by atoms with Crippen molar-refractivity contribution < 1.29 is 8.42 Å². The molecular weight excluding hydrogens is 446 g/mol. The van der Waals surface area contributed by atoms with Crippen LogP contribution in [-0.4, -0.2) is 36.8 Å². The molecule has 0 radical (unpaired) electrons. The number of rotatable bonds is 5. The summed E-state index contributed by atoms with van der Waals surface area (Å²) in [5.74, 6) is 0. The molecule has 0 aliphatic carbocycles. The summed E-state index contributed by atoms with van der Waals surface area (Å²) in [6, 6.07) is 17.7. The number of aromatic nitrogens is 1. The highest BCUT2D eigenvalue weighted by molar-refractivity contribution is 9.10. The van der Waals surface area contributed by atoms with Gasteiger partial charge in [0, 0.05) is 40.2 Å². The number of hydrogen-bond acceptors (Lipinski definition) is 5. The Morgan fingerprint density at radius 2 is 1.85 bits per heavy atom. The van der Waals surface area contributed by atoms with Gasteiger partial charge in [0.25, 0.3) is 10.0 Å². The molecule has 3 aromatic rings. The van der Waals surface area contributed by atoms with Crippen LogP contribution in [0.4, 0.5) is 5.69 Å². The molecule has 1 atom stereocenters. The number of para-hydroxylation sites is 1. The SMILES string of the molecule is O=S(=O)(c1csc(-c2ccc(Br)cc2)n1)N1CCC(Nc2ccccc2)C1. The van der Waals surface area contributed by atoms with Crippen LogP contribution in [0.1, 0.15) is 6.42 Å². The standard InChI is InChI=1S/C19H18BrN3O2S2/c20-15-8-6-14(7-9-15)19-22-18(13-26-19)27(24,25)23-11-10-17(12-23)21-16-4-2-1-3-5-16/h1-9,13,17,21H,10-12H2. The van der Waals surface area contributed by atoms with Gasteiger partial charge in [0.15, 0.2) is 5.03 Å². The van der Waals surface area contributed by atoms with Gasteiger partial charge in [-0.15, -0.1) is 11.3 Å². The van der Waals surface area contributed by atoms with Crippen molar-refractivity contribution in [2.24, 2.45) is 0 Å². The van der Waals surface area contributed by atoms with E-state index in [0.717, 1.165) is 22.1 Å². The second-order valence-corrected chi connectivity index (χ2v) is 10.0. The lowest BCUT2D eigenvalue weighted by molar-refractivity contribution is 0.472. The molecule has 1 N–H and O–H groups in total. The maximum absolute atomic E-state index is 13.0. The van der Waals surface area contributed by atoms with Crippen molar-refractivity contribution in [2.75, 3.05) is 18.4 Å². The van der Waals surface area contributed by atoms with Crippen LogP contribution in [0.3, 0.4) is 0 Å². The molecule has 8 heteroatoms. The maximum Gasteiger partial charge on any atom is 0.261 e. The van der Waals surface area contributed by atoms with Gasteiger partial charge in [0.1, 0.15) is 5.01 Å². The molecule has 1 fully saturated rings. The fraction of sp³-hybridized carbons (Fsp3) is 0.211. The molecule has 0 bridgehead atoms. The van der Waals surface area contributed by atoms with E-state index in [9.17, 15) is 8.42 Å². The summed E-state index contributed by atoms with van der Waals surface area (Å²) in [6.07, 6.45) is 0.776. The maximum atomic E-state index is 13.0. The number of sulfonamides is 1. The lowest BCUT2D eigenvalue weighted by Crippen LogP contribution is -2.31. The fourth-order valence-corrected chi connectivity index (χ4v) is 5.90. The Kier molecular flexibility index (Phi) is 5.32. The molecule has 0 spiro atoms. The third-order valence-electron chi connectivity index (χ3n) is 4.47. The third-order valence-corrected chi connectivity index (χ3v) is 7.79. The van der Waals surface area contributed by atoms with E-state index in [0.29, 0.717) is 18.1 Å². The molecule has 2 aromatic carbocycles. The molecule has 1 aromatic heterocycles. The van der Waals surface area contributed by atoms with Gasteiger partial charge >= 0.3 is 0 Å². The fourth-order valence-electron chi connectivity index (χ4n) is 3.07. The van der Waals surface area contributed by atoms with Gasteiger partial charge in [-0.3, -0.25) is 0 Å². The van der Waals surface area contributed by atoms with Crippen molar-refractivity contribution >= 4 is 43.0 Å². The largest absolute Gasteiger partial charge is 0.381 e. The molecule has 5 nitrogen and oxygen atoms in total. The predicted molar refractivity (Wildman–Crippen MR) is 112 cm³/mol. The van der Waals surface area contributed by atoms with E-state index >= 15 is 0 Å². The number of nitrogens with zero attached hydrogens (tertiary/aromatic N) is 2. The van der Waals surface area contributed by atoms with E-state index in [-0.39, 0.29) is 11.1 Å². The number of thiazole rings is 1. The highest BCUT2D eigenvalue weighted by Crippen LogP contribution is 2.29. The zero-order chi connectivity index (χ0) is 18.9. The molecule has 1 aliphatic rings. The first-order valence-electron chi connectivity index (χ1n) is 8.55. The van der Waals surface area contributed by atoms with Crippen molar-refractivity contribution in [1.82, 2.24) is 9.29 Å².